The number of halogens is 4. The molecule has 2 N–H and O–H groups in total. The smallest absolute Gasteiger partial charge is 0.340 e. The first-order valence-electron chi connectivity index (χ1n) is 5.02. The lowest BCUT2D eigenvalue weighted by atomic mass is 10.2. The summed E-state index contributed by atoms with van der Waals surface area (Å²) in [6.07, 6.45) is -3.97. The van der Waals surface area contributed by atoms with Gasteiger partial charge in [0.05, 0.1) is 4.92 Å². The van der Waals surface area contributed by atoms with Crippen molar-refractivity contribution in [2.24, 2.45) is 5.73 Å². The van der Waals surface area contributed by atoms with E-state index in [2.05, 4.69) is 4.74 Å². The van der Waals surface area contributed by atoms with E-state index >= 15 is 0 Å². The van der Waals surface area contributed by atoms with E-state index in [0.717, 1.165) is 12.1 Å². The summed E-state index contributed by atoms with van der Waals surface area (Å²) in [6, 6.07) is 2.53. The molecule has 0 unspecified atom stereocenters. The van der Waals surface area contributed by atoms with Crippen LogP contribution in [0.15, 0.2) is 18.2 Å². The molecule has 1 amide bonds. The molecule has 0 aliphatic rings. The van der Waals surface area contributed by atoms with Crippen molar-refractivity contribution in [2.75, 3.05) is 6.61 Å². The van der Waals surface area contributed by atoms with Crippen molar-refractivity contribution in [1.82, 2.24) is 0 Å². The van der Waals surface area contributed by atoms with Crippen LogP contribution in [0, 0.1) is 10.1 Å². The third-order valence-corrected chi connectivity index (χ3v) is 2.18. The Balaban J connectivity index is 3.01. The second-order valence-corrected chi connectivity index (χ2v) is 3.65. The van der Waals surface area contributed by atoms with Crippen LogP contribution in [0.2, 0.25) is 0 Å². The minimum Gasteiger partial charge on any atom is -0.480 e. The van der Waals surface area contributed by atoms with E-state index in [-0.39, 0.29) is 5.56 Å². The summed E-state index contributed by atoms with van der Waals surface area (Å²) >= 11 is 0. The molecule has 0 saturated heterocycles. The van der Waals surface area contributed by atoms with Crippen molar-refractivity contribution >= 4 is 11.6 Å². The standard InChI is InChI=1S/C10H8F4N2O4/c11-9(12)10(13,14)4-20-7-2-1-5(8(15)17)3-6(7)16(18)19/h1-3,9H,4H2,(H2,15,17). The normalized spacial score (nSPS) is 11.4. The van der Waals surface area contributed by atoms with Crippen LogP contribution >= 0.6 is 0 Å². The zero-order chi connectivity index (χ0) is 15.5. The zero-order valence-corrected chi connectivity index (χ0v) is 9.69. The van der Waals surface area contributed by atoms with Gasteiger partial charge >= 0.3 is 18.0 Å². The number of carbonyl (C=O) groups excluding carboxylic acids is 1. The van der Waals surface area contributed by atoms with Gasteiger partial charge in [0.15, 0.2) is 12.4 Å². The quantitative estimate of drug-likeness (QED) is 0.493. The second kappa shape index (κ2) is 5.72. The van der Waals surface area contributed by atoms with Gasteiger partial charge in [-0.25, -0.2) is 8.78 Å². The van der Waals surface area contributed by atoms with Gasteiger partial charge in [-0.2, -0.15) is 8.78 Å². The molecule has 0 spiro atoms. The maximum atomic E-state index is 12.7. The third kappa shape index (κ3) is 3.56. The molecular formula is C10H8F4N2O4. The third-order valence-electron chi connectivity index (χ3n) is 2.18. The van der Waals surface area contributed by atoms with E-state index in [4.69, 9.17) is 5.73 Å². The highest BCUT2D eigenvalue weighted by molar-refractivity contribution is 5.93. The van der Waals surface area contributed by atoms with Gasteiger partial charge in [-0.1, -0.05) is 0 Å². The number of carbonyl (C=O) groups is 1. The number of hydrogen-bond acceptors (Lipinski definition) is 4. The van der Waals surface area contributed by atoms with Crippen molar-refractivity contribution in [3.05, 3.63) is 33.9 Å². The molecule has 0 bridgehead atoms. The number of rotatable bonds is 6. The van der Waals surface area contributed by atoms with Gasteiger partial charge in [0.25, 0.3) is 0 Å². The number of nitro groups is 1. The number of benzene rings is 1. The number of hydrogen-bond donors (Lipinski definition) is 1. The fourth-order valence-electron chi connectivity index (χ4n) is 1.17. The monoisotopic (exact) mass is 296 g/mol. The predicted molar refractivity (Wildman–Crippen MR) is 58.1 cm³/mol. The fraction of sp³-hybridized carbons (Fsp3) is 0.300. The van der Waals surface area contributed by atoms with E-state index in [1.54, 1.807) is 0 Å². The Morgan fingerprint density at radius 1 is 1.45 bits per heavy atom. The number of alkyl halides is 4. The predicted octanol–water partition coefficient (Wildman–Crippen LogP) is 1.97. The number of nitrogens with zero attached hydrogens (tertiary/aromatic N) is 1. The first-order valence-corrected chi connectivity index (χ1v) is 5.02. The molecule has 0 aliphatic carbocycles. The summed E-state index contributed by atoms with van der Waals surface area (Å²) < 4.78 is 53.5. The van der Waals surface area contributed by atoms with Crippen LogP contribution in [-0.4, -0.2) is 29.8 Å². The molecule has 0 atom stereocenters. The fourth-order valence-corrected chi connectivity index (χ4v) is 1.17. The Morgan fingerprint density at radius 2 is 2.05 bits per heavy atom. The van der Waals surface area contributed by atoms with Crippen LogP contribution in [-0.2, 0) is 0 Å². The van der Waals surface area contributed by atoms with Crippen molar-refractivity contribution in [1.29, 1.82) is 0 Å². The van der Waals surface area contributed by atoms with Gasteiger partial charge in [0, 0.05) is 11.6 Å². The Kier molecular flexibility index (Phi) is 4.48. The van der Waals surface area contributed by atoms with Crippen molar-refractivity contribution in [3.63, 3.8) is 0 Å². The molecule has 6 nitrogen and oxygen atoms in total. The Bertz CT molecular complexity index is 536. The van der Waals surface area contributed by atoms with Gasteiger partial charge in [-0.3, -0.25) is 14.9 Å². The Hall–Kier alpha value is -2.39. The van der Waals surface area contributed by atoms with Gasteiger partial charge in [-0.15, -0.1) is 0 Å². The average molecular weight is 296 g/mol. The van der Waals surface area contributed by atoms with Crippen LogP contribution in [0.3, 0.4) is 0 Å². The van der Waals surface area contributed by atoms with E-state index < -0.39 is 41.2 Å². The Labute approximate surface area is 109 Å². The van der Waals surface area contributed by atoms with Crippen LogP contribution in [0.5, 0.6) is 5.75 Å². The molecule has 0 fully saturated rings. The molecule has 0 aliphatic heterocycles. The average Bonchev–Trinajstić information content (AvgIpc) is 2.35. The van der Waals surface area contributed by atoms with Crippen LogP contribution in [0.1, 0.15) is 10.4 Å². The summed E-state index contributed by atoms with van der Waals surface area (Å²) in [7, 11) is 0. The summed E-state index contributed by atoms with van der Waals surface area (Å²) in [4.78, 5) is 20.5. The summed E-state index contributed by atoms with van der Waals surface area (Å²) in [5.41, 5.74) is 3.82. The molecule has 1 aromatic carbocycles. The lowest BCUT2D eigenvalue weighted by Gasteiger charge is -2.15. The van der Waals surface area contributed by atoms with E-state index in [1.807, 2.05) is 0 Å². The van der Waals surface area contributed by atoms with Crippen molar-refractivity contribution in [3.8, 4) is 5.75 Å². The van der Waals surface area contributed by atoms with Crippen LogP contribution < -0.4 is 10.5 Å². The SMILES string of the molecule is NC(=O)c1ccc(OCC(F)(F)C(F)F)c([N+](=O)[O-])c1. The van der Waals surface area contributed by atoms with Crippen molar-refractivity contribution in [2.45, 2.75) is 12.3 Å². The number of primary amides is 1. The highest BCUT2D eigenvalue weighted by atomic mass is 19.3. The number of amides is 1. The van der Waals surface area contributed by atoms with E-state index in [1.165, 1.54) is 0 Å². The van der Waals surface area contributed by atoms with Crippen LogP contribution in [0.25, 0.3) is 0 Å². The summed E-state index contributed by atoms with van der Waals surface area (Å²) in [5, 5.41) is 10.7. The first-order chi connectivity index (χ1) is 9.15. The molecule has 20 heavy (non-hydrogen) atoms. The van der Waals surface area contributed by atoms with E-state index in [9.17, 15) is 32.5 Å². The number of nitrogens with two attached hydrogens (primary N) is 1. The van der Waals surface area contributed by atoms with Crippen molar-refractivity contribution < 1.29 is 32.0 Å². The Morgan fingerprint density at radius 3 is 2.50 bits per heavy atom. The molecule has 1 rings (SSSR count). The summed E-state index contributed by atoms with van der Waals surface area (Å²) in [5.74, 6) is -6.09. The zero-order valence-electron chi connectivity index (χ0n) is 9.69. The maximum Gasteiger partial charge on any atom is 0.340 e. The molecule has 0 aromatic heterocycles. The van der Waals surface area contributed by atoms with Gasteiger partial charge in [0.1, 0.15) is 0 Å². The molecular weight excluding hydrogens is 288 g/mol. The molecule has 10 heteroatoms. The van der Waals surface area contributed by atoms with E-state index in [0.29, 0.717) is 6.07 Å². The highest BCUT2D eigenvalue weighted by Crippen LogP contribution is 2.30. The largest absolute Gasteiger partial charge is 0.480 e. The van der Waals surface area contributed by atoms with Gasteiger partial charge in [-0.05, 0) is 12.1 Å². The van der Waals surface area contributed by atoms with Gasteiger partial charge < -0.3 is 10.5 Å². The molecule has 1 aromatic rings. The lowest BCUT2D eigenvalue weighted by Crippen LogP contribution is -2.33. The molecule has 0 radical (unpaired) electrons. The van der Waals surface area contributed by atoms with Crippen LogP contribution in [0.4, 0.5) is 23.2 Å². The molecule has 0 heterocycles. The highest BCUT2D eigenvalue weighted by Gasteiger charge is 2.42. The number of ether oxygens (including phenoxy) is 1. The maximum absolute atomic E-state index is 12.7. The minimum absolute atomic E-state index is 0.246. The lowest BCUT2D eigenvalue weighted by molar-refractivity contribution is -0.386. The molecule has 0 saturated carbocycles. The number of nitro benzene ring substituents is 1. The first kappa shape index (κ1) is 15.7. The summed E-state index contributed by atoms with van der Waals surface area (Å²) in [6.45, 7) is -1.73. The molecule has 110 valence electrons. The minimum atomic E-state index is -4.45. The second-order valence-electron chi connectivity index (χ2n) is 3.65. The van der Waals surface area contributed by atoms with Gasteiger partial charge in [0.2, 0.25) is 5.91 Å². The topological polar surface area (TPSA) is 95.5 Å².